The molecule has 5 nitrogen and oxygen atoms in total. The quantitative estimate of drug-likeness (QED) is 0.574. The molecular weight excluding hydrogens is 216 g/mol. The van der Waals surface area contributed by atoms with Gasteiger partial charge in [-0.3, -0.25) is 10.1 Å². The maximum atomic E-state index is 10.4. The third-order valence-corrected chi connectivity index (χ3v) is 3.14. The molecule has 1 aromatic heterocycles. The summed E-state index contributed by atoms with van der Waals surface area (Å²) in [6.07, 6.45) is 0.837. The first-order valence-electron chi connectivity index (χ1n) is 4.74. The molecule has 0 aliphatic carbocycles. The Hall–Kier alpha value is -0.980. The van der Waals surface area contributed by atoms with E-state index in [-0.39, 0.29) is 17.6 Å². The van der Waals surface area contributed by atoms with Crippen molar-refractivity contribution in [2.75, 3.05) is 6.61 Å². The van der Waals surface area contributed by atoms with Crippen LogP contribution in [0.25, 0.3) is 0 Å². The fourth-order valence-corrected chi connectivity index (χ4v) is 1.91. The van der Waals surface area contributed by atoms with Gasteiger partial charge >= 0.3 is 5.00 Å². The van der Waals surface area contributed by atoms with Gasteiger partial charge < -0.3 is 10.4 Å². The highest BCUT2D eigenvalue weighted by Gasteiger charge is 2.10. The third kappa shape index (κ3) is 3.58. The Morgan fingerprint density at radius 3 is 2.87 bits per heavy atom. The van der Waals surface area contributed by atoms with Crippen LogP contribution >= 0.6 is 11.3 Å². The molecule has 0 radical (unpaired) electrons. The van der Waals surface area contributed by atoms with Crippen LogP contribution in [0.5, 0.6) is 0 Å². The Labute approximate surface area is 91.9 Å². The normalized spacial score (nSPS) is 12.7. The fourth-order valence-electron chi connectivity index (χ4n) is 1.14. The smallest absolute Gasteiger partial charge is 0.324 e. The lowest BCUT2D eigenvalue weighted by Gasteiger charge is -2.12. The molecule has 0 fully saturated rings. The van der Waals surface area contributed by atoms with Crippen LogP contribution in [0.3, 0.4) is 0 Å². The number of nitro groups is 1. The number of hydrogen-bond donors (Lipinski definition) is 2. The molecule has 6 heteroatoms. The van der Waals surface area contributed by atoms with E-state index in [1.165, 1.54) is 6.07 Å². The minimum atomic E-state index is -0.391. The van der Waals surface area contributed by atoms with Crippen LogP contribution in [0.2, 0.25) is 0 Å². The lowest BCUT2D eigenvalue weighted by atomic mass is 10.2. The number of nitrogens with zero attached hydrogens (tertiary/aromatic N) is 1. The van der Waals surface area contributed by atoms with Crippen molar-refractivity contribution in [3.05, 3.63) is 27.1 Å². The molecule has 0 aromatic carbocycles. The minimum absolute atomic E-state index is 0.0613. The molecule has 0 amide bonds. The van der Waals surface area contributed by atoms with Crippen molar-refractivity contribution < 1.29 is 10.0 Å². The number of aliphatic hydroxyl groups is 1. The summed E-state index contributed by atoms with van der Waals surface area (Å²) in [5.74, 6) is 0. The molecule has 0 spiro atoms. The van der Waals surface area contributed by atoms with Gasteiger partial charge in [0.05, 0.1) is 11.5 Å². The zero-order valence-corrected chi connectivity index (χ0v) is 9.29. The molecule has 0 aliphatic rings. The van der Waals surface area contributed by atoms with Gasteiger partial charge in [0, 0.05) is 23.5 Å². The summed E-state index contributed by atoms with van der Waals surface area (Å²) in [7, 11) is 0. The highest BCUT2D eigenvalue weighted by atomic mass is 32.1. The molecule has 0 aliphatic heterocycles. The Morgan fingerprint density at radius 1 is 1.67 bits per heavy atom. The molecule has 1 unspecified atom stereocenters. The lowest BCUT2D eigenvalue weighted by Crippen LogP contribution is -2.30. The van der Waals surface area contributed by atoms with E-state index in [0.717, 1.165) is 22.6 Å². The number of hydrogen-bond acceptors (Lipinski definition) is 5. The van der Waals surface area contributed by atoms with E-state index in [1.54, 1.807) is 6.07 Å². The van der Waals surface area contributed by atoms with Crippen molar-refractivity contribution in [1.29, 1.82) is 0 Å². The maximum absolute atomic E-state index is 10.4. The topological polar surface area (TPSA) is 75.4 Å². The van der Waals surface area contributed by atoms with Gasteiger partial charge in [0.1, 0.15) is 0 Å². The van der Waals surface area contributed by atoms with Gasteiger partial charge in [-0.2, -0.15) is 0 Å². The van der Waals surface area contributed by atoms with Crippen LogP contribution < -0.4 is 5.32 Å². The second-order valence-electron chi connectivity index (χ2n) is 3.17. The molecule has 0 bridgehead atoms. The van der Waals surface area contributed by atoms with Crippen molar-refractivity contribution in [2.45, 2.75) is 25.9 Å². The summed E-state index contributed by atoms with van der Waals surface area (Å²) in [6.45, 7) is 2.63. The maximum Gasteiger partial charge on any atom is 0.324 e. The van der Waals surface area contributed by atoms with E-state index >= 15 is 0 Å². The van der Waals surface area contributed by atoms with Crippen molar-refractivity contribution >= 4 is 16.3 Å². The highest BCUT2D eigenvalue weighted by Crippen LogP contribution is 2.23. The van der Waals surface area contributed by atoms with Gasteiger partial charge in [-0.15, -0.1) is 0 Å². The van der Waals surface area contributed by atoms with Gasteiger partial charge in [-0.1, -0.05) is 18.3 Å². The largest absolute Gasteiger partial charge is 0.395 e. The molecular formula is C9H14N2O3S. The molecule has 0 saturated carbocycles. The zero-order chi connectivity index (χ0) is 11.3. The first kappa shape index (κ1) is 12.1. The number of rotatable bonds is 6. The molecule has 1 heterocycles. The van der Waals surface area contributed by atoms with Gasteiger partial charge in [0.25, 0.3) is 0 Å². The zero-order valence-electron chi connectivity index (χ0n) is 8.47. The van der Waals surface area contributed by atoms with Gasteiger partial charge in [0.2, 0.25) is 0 Å². The molecule has 0 saturated heterocycles. The predicted octanol–water partition coefficient (Wildman–Crippen LogP) is 1.52. The third-order valence-electron chi connectivity index (χ3n) is 2.11. The second-order valence-corrected chi connectivity index (χ2v) is 4.31. The van der Waals surface area contributed by atoms with Crippen LogP contribution in [0.1, 0.15) is 18.2 Å². The Kier molecular flexibility index (Phi) is 4.67. The van der Waals surface area contributed by atoms with Crippen molar-refractivity contribution in [2.24, 2.45) is 0 Å². The summed E-state index contributed by atoms with van der Waals surface area (Å²) in [4.78, 5) is 10.9. The standard InChI is InChI=1S/C9H14N2O3S/c1-2-7(6-12)10-5-8-3-4-9(15-8)11(13)14/h3-4,7,10,12H,2,5-6H2,1H3. The van der Waals surface area contributed by atoms with Crippen LogP contribution in [-0.2, 0) is 6.54 Å². The van der Waals surface area contributed by atoms with Gasteiger partial charge in [-0.05, 0) is 12.5 Å². The average molecular weight is 230 g/mol. The summed E-state index contributed by atoms with van der Waals surface area (Å²) >= 11 is 1.16. The highest BCUT2D eigenvalue weighted by molar-refractivity contribution is 7.15. The second kappa shape index (κ2) is 5.79. The Morgan fingerprint density at radius 2 is 2.40 bits per heavy atom. The monoisotopic (exact) mass is 230 g/mol. The van der Waals surface area contributed by atoms with E-state index in [2.05, 4.69) is 5.32 Å². The van der Waals surface area contributed by atoms with E-state index in [4.69, 9.17) is 5.11 Å². The van der Waals surface area contributed by atoms with E-state index < -0.39 is 4.92 Å². The summed E-state index contributed by atoms with van der Waals surface area (Å²) in [5, 5.41) is 22.6. The lowest BCUT2D eigenvalue weighted by molar-refractivity contribution is -0.380. The number of aliphatic hydroxyl groups excluding tert-OH is 1. The molecule has 1 rings (SSSR count). The minimum Gasteiger partial charge on any atom is -0.395 e. The van der Waals surface area contributed by atoms with Crippen LogP contribution in [0.15, 0.2) is 12.1 Å². The van der Waals surface area contributed by atoms with Crippen molar-refractivity contribution in [3.63, 3.8) is 0 Å². The van der Waals surface area contributed by atoms with Crippen LogP contribution in [0, 0.1) is 10.1 Å². The Bertz CT molecular complexity index is 323. The first-order chi connectivity index (χ1) is 7.17. The molecule has 1 atom stereocenters. The van der Waals surface area contributed by atoms with Gasteiger partial charge in [0.15, 0.2) is 0 Å². The number of nitrogens with one attached hydrogen (secondary N) is 1. The van der Waals surface area contributed by atoms with E-state index in [1.807, 2.05) is 6.92 Å². The first-order valence-corrected chi connectivity index (χ1v) is 5.56. The van der Waals surface area contributed by atoms with Crippen molar-refractivity contribution in [3.8, 4) is 0 Å². The van der Waals surface area contributed by atoms with Crippen LogP contribution in [0.4, 0.5) is 5.00 Å². The number of thiophene rings is 1. The molecule has 1 aromatic rings. The SMILES string of the molecule is CCC(CO)NCc1ccc([N+](=O)[O-])s1. The van der Waals surface area contributed by atoms with Crippen LogP contribution in [-0.4, -0.2) is 22.7 Å². The average Bonchev–Trinajstić information content (AvgIpc) is 2.68. The fraction of sp³-hybridized carbons (Fsp3) is 0.556. The van der Waals surface area contributed by atoms with Gasteiger partial charge in [-0.25, -0.2) is 0 Å². The van der Waals surface area contributed by atoms with E-state index in [9.17, 15) is 10.1 Å². The van der Waals surface area contributed by atoms with Crippen molar-refractivity contribution in [1.82, 2.24) is 5.32 Å². The van der Waals surface area contributed by atoms with E-state index in [0.29, 0.717) is 6.54 Å². The molecule has 84 valence electrons. The molecule has 15 heavy (non-hydrogen) atoms. The molecule has 2 N–H and O–H groups in total. The summed E-state index contributed by atoms with van der Waals surface area (Å²) in [6, 6.07) is 3.30. The Balaban J connectivity index is 2.47. The predicted molar refractivity (Wildman–Crippen MR) is 59.0 cm³/mol. The summed E-state index contributed by atoms with van der Waals surface area (Å²) in [5.41, 5.74) is 0. The summed E-state index contributed by atoms with van der Waals surface area (Å²) < 4.78 is 0.